The van der Waals surface area contributed by atoms with Gasteiger partial charge in [0.05, 0.1) is 0 Å². The molecule has 1 aromatic carbocycles. The van der Waals surface area contributed by atoms with Crippen LogP contribution in [0.25, 0.3) is 0 Å². The van der Waals surface area contributed by atoms with Gasteiger partial charge in [-0.05, 0) is 23.8 Å². The molecule has 1 saturated carbocycles. The van der Waals surface area contributed by atoms with Gasteiger partial charge in [-0.15, -0.1) is 0 Å². The number of carbonyl (C=O) groups excluding carboxylic acids is 2. The summed E-state index contributed by atoms with van der Waals surface area (Å²) in [6.45, 7) is 3.68. The molecular formula is C22H32N2O5. The largest absolute Gasteiger partial charge is 0.480 e. The first-order valence-electron chi connectivity index (χ1n) is 10.4. The molecule has 0 heterocycles. The lowest BCUT2D eigenvalue weighted by Crippen LogP contribution is -2.54. The molecule has 1 aliphatic rings. The van der Waals surface area contributed by atoms with Gasteiger partial charge in [-0.25, -0.2) is 9.59 Å². The maximum atomic E-state index is 12.7. The molecule has 0 aliphatic heterocycles. The van der Waals surface area contributed by atoms with Crippen LogP contribution in [0.3, 0.4) is 0 Å². The second-order valence-corrected chi connectivity index (χ2v) is 8.07. The molecule has 2 amide bonds. The third kappa shape index (κ3) is 7.75. The summed E-state index contributed by atoms with van der Waals surface area (Å²) in [7, 11) is 0. The summed E-state index contributed by atoms with van der Waals surface area (Å²) in [6, 6.07) is 7.42. The standard InChI is InChI=1S/C22H32N2O5/c1-15(2)19(24-22(28)29-14-17-11-7-4-8-12-17)20(25)23-18(21(26)27)13-16-9-5-3-6-10-16/h4,7-8,11-12,15-16,18-19H,3,5-6,9-10,13-14H2,1-2H3,(H,23,25)(H,24,28)(H,26,27)/t18-,19-/m0/s1. The zero-order valence-electron chi connectivity index (χ0n) is 17.2. The number of nitrogens with one attached hydrogen (secondary N) is 2. The minimum atomic E-state index is -1.04. The predicted octanol–water partition coefficient (Wildman–Crippen LogP) is 3.48. The molecule has 160 valence electrons. The first-order valence-corrected chi connectivity index (χ1v) is 10.4. The first-order chi connectivity index (χ1) is 13.9. The summed E-state index contributed by atoms with van der Waals surface area (Å²) in [5, 5.41) is 14.7. The van der Waals surface area contributed by atoms with Crippen LogP contribution >= 0.6 is 0 Å². The van der Waals surface area contributed by atoms with Crippen LogP contribution in [0, 0.1) is 11.8 Å². The topological polar surface area (TPSA) is 105 Å². The minimum absolute atomic E-state index is 0.0958. The van der Waals surface area contributed by atoms with Gasteiger partial charge in [-0.1, -0.05) is 76.3 Å². The molecule has 2 atom stereocenters. The van der Waals surface area contributed by atoms with E-state index in [0.717, 1.165) is 31.2 Å². The summed E-state index contributed by atoms with van der Waals surface area (Å²) in [6.07, 6.45) is 5.11. The van der Waals surface area contributed by atoms with Crippen molar-refractivity contribution in [1.82, 2.24) is 10.6 Å². The Labute approximate surface area is 172 Å². The molecule has 1 aliphatic carbocycles. The molecule has 3 N–H and O–H groups in total. The van der Waals surface area contributed by atoms with E-state index in [1.165, 1.54) is 6.42 Å². The Morgan fingerprint density at radius 3 is 2.31 bits per heavy atom. The maximum absolute atomic E-state index is 12.7. The molecule has 0 unspecified atom stereocenters. The second kappa shape index (κ2) is 11.4. The van der Waals surface area contributed by atoms with E-state index in [9.17, 15) is 19.5 Å². The fourth-order valence-corrected chi connectivity index (χ4v) is 3.67. The van der Waals surface area contributed by atoms with Crippen LogP contribution in [0.2, 0.25) is 0 Å². The maximum Gasteiger partial charge on any atom is 0.408 e. The van der Waals surface area contributed by atoms with Crippen LogP contribution in [-0.2, 0) is 20.9 Å². The summed E-state index contributed by atoms with van der Waals surface area (Å²) in [4.78, 5) is 36.5. The molecule has 29 heavy (non-hydrogen) atoms. The Hall–Kier alpha value is -2.57. The number of hydrogen-bond donors (Lipinski definition) is 3. The number of carboxylic acids is 1. The Morgan fingerprint density at radius 2 is 1.72 bits per heavy atom. The van der Waals surface area contributed by atoms with E-state index in [0.29, 0.717) is 12.3 Å². The van der Waals surface area contributed by atoms with Crippen LogP contribution in [0.15, 0.2) is 30.3 Å². The third-order valence-corrected chi connectivity index (χ3v) is 5.34. The van der Waals surface area contributed by atoms with E-state index in [1.807, 2.05) is 30.3 Å². The van der Waals surface area contributed by atoms with Crippen molar-refractivity contribution in [2.24, 2.45) is 11.8 Å². The molecule has 0 aromatic heterocycles. The van der Waals surface area contributed by atoms with Crippen molar-refractivity contribution in [3.05, 3.63) is 35.9 Å². The molecular weight excluding hydrogens is 372 g/mol. The van der Waals surface area contributed by atoms with Gasteiger partial charge in [-0.3, -0.25) is 4.79 Å². The summed E-state index contributed by atoms with van der Waals surface area (Å²) in [5.74, 6) is -1.45. The molecule has 7 heteroatoms. The quantitative estimate of drug-likeness (QED) is 0.584. The van der Waals surface area contributed by atoms with Crippen molar-refractivity contribution < 1.29 is 24.2 Å². The van der Waals surface area contributed by atoms with Gasteiger partial charge in [0.25, 0.3) is 0 Å². The third-order valence-electron chi connectivity index (χ3n) is 5.34. The molecule has 0 spiro atoms. The zero-order chi connectivity index (χ0) is 21.2. The van der Waals surface area contributed by atoms with Gasteiger partial charge in [0.2, 0.25) is 5.91 Å². The predicted molar refractivity (Wildman–Crippen MR) is 109 cm³/mol. The van der Waals surface area contributed by atoms with Crippen LogP contribution in [0.5, 0.6) is 0 Å². The normalized spacial score (nSPS) is 16.7. The number of carboxylic acid groups (broad SMARTS) is 1. The minimum Gasteiger partial charge on any atom is -0.480 e. The molecule has 2 rings (SSSR count). The number of ether oxygens (including phenoxy) is 1. The first kappa shape index (κ1) is 22.7. The number of aliphatic carboxylic acids is 1. The van der Waals surface area contributed by atoms with E-state index >= 15 is 0 Å². The average Bonchev–Trinajstić information content (AvgIpc) is 2.71. The average molecular weight is 405 g/mol. The van der Waals surface area contributed by atoms with Gasteiger partial charge in [0.15, 0.2) is 0 Å². The Morgan fingerprint density at radius 1 is 1.07 bits per heavy atom. The van der Waals surface area contributed by atoms with Crippen LogP contribution in [0.4, 0.5) is 4.79 Å². The van der Waals surface area contributed by atoms with Crippen LogP contribution in [0.1, 0.15) is 57.9 Å². The van der Waals surface area contributed by atoms with Crippen molar-refractivity contribution in [3.8, 4) is 0 Å². The van der Waals surface area contributed by atoms with Gasteiger partial charge in [0, 0.05) is 0 Å². The number of rotatable bonds is 9. The highest BCUT2D eigenvalue weighted by Crippen LogP contribution is 2.27. The van der Waals surface area contributed by atoms with Gasteiger partial charge >= 0.3 is 12.1 Å². The van der Waals surface area contributed by atoms with E-state index in [1.54, 1.807) is 13.8 Å². The molecule has 0 saturated heterocycles. The van der Waals surface area contributed by atoms with Gasteiger partial charge in [0.1, 0.15) is 18.7 Å². The number of alkyl carbamates (subject to hydrolysis) is 1. The van der Waals surface area contributed by atoms with E-state index in [4.69, 9.17) is 4.74 Å². The van der Waals surface area contributed by atoms with Crippen molar-refractivity contribution >= 4 is 18.0 Å². The summed E-state index contributed by atoms with van der Waals surface area (Å²) < 4.78 is 5.19. The molecule has 7 nitrogen and oxygen atoms in total. The Bertz CT molecular complexity index is 671. The number of carbonyl (C=O) groups is 3. The number of benzene rings is 1. The lowest BCUT2D eigenvalue weighted by atomic mass is 9.84. The second-order valence-electron chi connectivity index (χ2n) is 8.07. The van der Waals surface area contributed by atoms with Gasteiger partial charge < -0.3 is 20.5 Å². The Kier molecular flexibility index (Phi) is 8.96. The monoisotopic (exact) mass is 404 g/mol. The summed E-state index contributed by atoms with van der Waals surface area (Å²) >= 11 is 0. The van der Waals surface area contributed by atoms with Crippen molar-refractivity contribution in [1.29, 1.82) is 0 Å². The SMILES string of the molecule is CC(C)[C@H](NC(=O)OCc1ccccc1)C(=O)N[C@@H](CC1CCCCC1)C(=O)O. The van der Waals surface area contributed by atoms with E-state index < -0.39 is 30.1 Å². The molecule has 1 aromatic rings. The Balaban J connectivity index is 1.90. The van der Waals surface area contributed by atoms with Gasteiger partial charge in [-0.2, -0.15) is 0 Å². The lowest BCUT2D eigenvalue weighted by Gasteiger charge is -2.27. The number of amides is 2. The van der Waals surface area contributed by atoms with Crippen molar-refractivity contribution in [3.63, 3.8) is 0 Å². The number of hydrogen-bond acceptors (Lipinski definition) is 4. The van der Waals surface area contributed by atoms with Crippen molar-refractivity contribution in [2.75, 3.05) is 0 Å². The van der Waals surface area contributed by atoms with E-state index in [-0.39, 0.29) is 12.5 Å². The van der Waals surface area contributed by atoms with E-state index in [2.05, 4.69) is 10.6 Å². The smallest absolute Gasteiger partial charge is 0.408 e. The summed E-state index contributed by atoms with van der Waals surface area (Å²) in [5.41, 5.74) is 0.839. The van der Waals surface area contributed by atoms with Crippen LogP contribution in [-0.4, -0.2) is 35.2 Å². The highest BCUT2D eigenvalue weighted by Gasteiger charge is 2.30. The molecule has 0 radical (unpaired) electrons. The highest BCUT2D eigenvalue weighted by atomic mass is 16.5. The molecule has 1 fully saturated rings. The van der Waals surface area contributed by atoms with Crippen LogP contribution < -0.4 is 10.6 Å². The van der Waals surface area contributed by atoms with Crippen molar-refractivity contribution in [2.45, 2.75) is 71.1 Å². The lowest BCUT2D eigenvalue weighted by molar-refractivity contribution is -0.142. The fourth-order valence-electron chi connectivity index (χ4n) is 3.67. The highest BCUT2D eigenvalue weighted by molar-refractivity contribution is 5.89. The zero-order valence-corrected chi connectivity index (χ0v) is 17.2. The molecule has 0 bridgehead atoms. The fraction of sp³-hybridized carbons (Fsp3) is 0.591.